The average molecular weight is 421 g/mol. The standard InChI is InChI=1S/C22H33FN4O3/c1-5-12-24-20(29)18(25-19(28)16-6-8-17(23)9-7-16)15-10-13-27(14-11-15)21(30)26-22(2,3)4/h6-9,15,18H,5,10-14H2,1-4H3,(H,24,29)(H,25,28)(H,26,30). The number of nitrogens with one attached hydrogen (secondary N) is 3. The first-order chi connectivity index (χ1) is 14.1. The second kappa shape index (κ2) is 10.4. The third-order valence-corrected chi connectivity index (χ3v) is 5.00. The van der Waals surface area contributed by atoms with E-state index in [1.165, 1.54) is 24.3 Å². The highest BCUT2D eigenvalue weighted by Gasteiger charge is 2.34. The van der Waals surface area contributed by atoms with Gasteiger partial charge in [-0.05, 0) is 70.2 Å². The van der Waals surface area contributed by atoms with Crippen LogP contribution in [0.15, 0.2) is 24.3 Å². The Morgan fingerprint density at radius 2 is 1.73 bits per heavy atom. The van der Waals surface area contributed by atoms with Crippen LogP contribution in [-0.4, -0.2) is 54.0 Å². The lowest BCUT2D eigenvalue weighted by Crippen LogP contribution is -2.55. The van der Waals surface area contributed by atoms with E-state index in [0.717, 1.165) is 6.42 Å². The van der Waals surface area contributed by atoms with E-state index in [2.05, 4.69) is 16.0 Å². The number of amides is 4. The molecule has 1 aromatic carbocycles. The zero-order valence-electron chi connectivity index (χ0n) is 18.3. The topological polar surface area (TPSA) is 90.5 Å². The summed E-state index contributed by atoms with van der Waals surface area (Å²) in [4.78, 5) is 39.5. The molecule has 0 aromatic heterocycles. The molecule has 3 N–H and O–H groups in total. The van der Waals surface area contributed by atoms with Crippen molar-refractivity contribution in [2.24, 2.45) is 5.92 Å². The van der Waals surface area contributed by atoms with Crippen LogP contribution in [0, 0.1) is 11.7 Å². The molecule has 0 bridgehead atoms. The van der Waals surface area contributed by atoms with Gasteiger partial charge in [0.1, 0.15) is 11.9 Å². The van der Waals surface area contributed by atoms with Gasteiger partial charge in [-0.2, -0.15) is 0 Å². The summed E-state index contributed by atoms with van der Waals surface area (Å²) in [5, 5.41) is 8.62. The SMILES string of the molecule is CCCNC(=O)C(NC(=O)c1ccc(F)cc1)C1CCN(C(=O)NC(C)(C)C)CC1. The van der Waals surface area contributed by atoms with E-state index in [9.17, 15) is 18.8 Å². The maximum absolute atomic E-state index is 13.1. The first-order valence-corrected chi connectivity index (χ1v) is 10.5. The van der Waals surface area contributed by atoms with Gasteiger partial charge in [-0.1, -0.05) is 6.92 Å². The van der Waals surface area contributed by atoms with Gasteiger partial charge < -0.3 is 20.9 Å². The lowest BCUT2D eigenvalue weighted by Gasteiger charge is -2.37. The zero-order chi connectivity index (χ0) is 22.3. The molecule has 30 heavy (non-hydrogen) atoms. The van der Waals surface area contributed by atoms with Crippen molar-refractivity contribution < 1.29 is 18.8 Å². The van der Waals surface area contributed by atoms with Crippen LogP contribution < -0.4 is 16.0 Å². The van der Waals surface area contributed by atoms with Gasteiger partial charge in [0.25, 0.3) is 5.91 Å². The van der Waals surface area contributed by atoms with Crippen LogP contribution in [0.3, 0.4) is 0 Å². The van der Waals surface area contributed by atoms with E-state index in [1.807, 2.05) is 27.7 Å². The number of likely N-dealkylation sites (tertiary alicyclic amines) is 1. The maximum Gasteiger partial charge on any atom is 0.317 e. The minimum absolute atomic E-state index is 0.0926. The van der Waals surface area contributed by atoms with Crippen LogP contribution in [0.5, 0.6) is 0 Å². The number of nitrogens with zero attached hydrogens (tertiary/aromatic N) is 1. The average Bonchev–Trinajstić information content (AvgIpc) is 2.69. The lowest BCUT2D eigenvalue weighted by molar-refractivity contribution is -0.124. The van der Waals surface area contributed by atoms with E-state index in [1.54, 1.807) is 4.90 Å². The summed E-state index contributed by atoms with van der Waals surface area (Å²) in [6.07, 6.45) is 1.99. The normalized spacial score (nSPS) is 16.0. The van der Waals surface area contributed by atoms with E-state index in [4.69, 9.17) is 0 Å². The molecule has 7 nitrogen and oxygen atoms in total. The smallest absolute Gasteiger partial charge is 0.317 e. The second-order valence-electron chi connectivity index (χ2n) is 8.75. The Morgan fingerprint density at radius 3 is 2.27 bits per heavy atom. The quantitative estimate of drug-likeness (QED) is 0.661. The highest BCUT2D eigenvalue weighted by atomic mass is 19.1. The van der Waals surface area contributed by atoms with Gasteiger partial charge in [-0.15, -0.1) is 0 Å². The Hall–Kier alpha value is -2.64. The molecule has 1 aromatic rings. The molecule has 2 rings (SSSR count). The fourth-order valence-corrected chi connectivity index (χ4v) is 3.42. The van der Waals surface area contributed by atoms with Crippen molar-refractivity contribution in [1.82, 2.24) is 20.9 Å². The number of hydrogen-bond donors (Lipinski definition) is 3. The molecule has 4 amide bonds. The van der Waals surface area contributed by atoms with E-state index < -0.39 is 17.8 Å². The van der Waals surface area contributed by atoms with Gasteiger partial charge in [0.2, 0.25) is 5.91 Å². The Morgan fingerprint density at radius 1 is 1.13 bits per heavy atom. The summed E-state index contributed by atoms with van der Waals surface area (Å²) in [5.41, 5.74) is -0.0219. The lowest BCUT2D eigenvalue weighted by atomic mass is 9.88. The molecule has 0 saturated carbocycles. The number of piperidine rings is 1. The van der Waals surface area contributed by atoms with Crippen molar-refractivity contribution in [2.45, 2.75) is 58.5 Å². The monoisotopic (exact) mass is 420 g/mol. The van der Waals surface area contributed by atoms with Gasteiger partial charge in [0, 0.05) is 30.7 Å². The molecule has 1 atom stereocenters. The van der Waals surface area contributed by atoms with Crippen molar-refractivity contribution in [3.05, 3.63) is 35.6 Å². The second-order valence-corrected chi connectivity index (χ2v) is 8.75. The molecule has 8 heteroatoms. The molecular weight excluding hydrogens is 387 g/mol. The molecule has 0 radical (unpaired) electrons. The number of benzene rings is 1. The highest BCUT2D eigenvalue weighted by molar-refractivity contribution is 5.97. The predicted octanol–water partition coefficient (Wildman–Crippen LogP) is 2.67. The van der Waals surface area contributed by atoms with Crippen molar-refractivity contribution in [3.63, 3.8) is 0 Å². The van der Waals surface area contributed by atoms with Crippen molar-refractivity contribution in [2.75, 3.05) is 19.6 Å². The summed E-state index contributed by atoms with van der Waals surface area (Å²) in [5.74, 6) is -1.17. The number of halogens is 1. The van der Waals surface area contributed by atoms with E-state index in [-0.39, 0.29) is 23.4 Å². The third-order valence-electron chi connectivity index (χ3n) is 5.00. The summed E-state index contributed by atoms with van der Waals surface area (Å²) < 4.78 is 13.1. The molecule has 1 heterocycles. The molecule has 0 aliphatic carbocycles. The molecule has 1 saturated heterocycles. The maximum atomic E-state index is 13.1. The van der Waals surface area contributed by atoms with Crippen molar-refractivity contribution in [1.29, 1.82) is 0 Å². The van der Waals surface area contributed by atoms with Crippen LogP contribution in [-0.2, 0) is 4.79 Å². The van der Waals surface area contributed by atoms with Gasteiger partial charge in [-0.3, -0.25) is 9.59 Å². The molecule has 1 aliphatic rings. The molecular formula is C22H33FN4O3. The fraction of sp³-hybridized carbons (Fsp3) is 0.591. The predicted molar refractivity (Wildman–Crippen MR) is 114 cm³/mol. The highest BCUT2D eigenvalue weighted by Crippen LogP contribution is 2.22. The van der Waals surface area contributed by atoms with E-state index in [0.29, 0.717) is 38.0 Å². The molecule has 166 valence electrons. The molecule has 0 spiro atoms. The minimum Gasteiger partial charge on any atom is -0.354 e. The van der Waals surface area contributed by atoms with Crippen LogP contribution in [0.25, 0.3) is 0 Å². The largest absolute Gasteiger partial charge is 0.354 e. The van der Waals surface area contributed by atoms with Crippen LogP contribution >= 0.6 is 0 Å². The van der Waals surface area contributed by atoms with Gasteiger partial charge in [0.15, 0.2) is 0 Å². The Bertz CT molecular complexity index is 738. The summed E-state index contributed by atoms with van der Waals surface area (Å²) in [7, 11) is 0. The number of urea groups is 1. The molecule has 1 fully saturated rings. The fourth-order valence-electron chi connectivity index (χ4n) is 3.42. The van der Waals surface area contributed by atoms with Crippen LogP contribution in [0.4, 0.5) is 9.18 Å². The first-order valence-electron chi connectivity index (χ1n) is 10.5. The van der Waals surface area contributed by atoms with E-state index >= 15 is 0 Å². The summed E-state index contributed by atoms with van der Waals surface area (Å²) >= 11 is 0. The number of rotatable bonds is 6. The van der Waals surface area contributed by atoms with Gasteiger partial charge >= 0.3 is 6.03 Å². The van der Waals surface area contributed by atoms with Gasteiger partial charge in [-0.25, -0.2) is 9.18 Å². The van der Waals surface area contributed by atoms with Crippen LogP contribution in [0.2, 0.25) is 0 Å². The first kappa shape index (κ1) is 23.6. The third kappa shape index (κ3) is 7.00. The van der Waals surface area contributed by atoms with Crippen LogP contribution in [0.1, 0.15) is 57.3 Å². The summed E-state index contributed by atoms with van der Waals surface area (Å²) in [6.45, 7) is 9.28. The number of hydrogen-bond acceptors (Lipinski definition) is 3. The molecule has 1 aliphatic heterocycles. The van der Waals surface area contributed by atoms with Gasteiger partial charge in [0.05, 0.1) is 0 Å². The van der Waals surface area contributed by atoms with Crippen molar-refractivity contribution in [3.8, 4) is 0 Å². The Kier molecular flexibility index (Phi) is 8.20. The molecule has 1 unspecified atom stereocenters. The zero-order valence-corrected chi connectivity index (χ0v) is 18.3. The Balaban J connectivity index is 2.04. The Labute approximate surface area is 177 Å². The summed E-state index contributed by atoms with van der Waals surface area (Å²) in [6, 6.07) is 4.39. The van der Waals surface area contributed by atoms with Crippen molar-refractivity contribution >= 4 is 17.8 Å². The number of carbonyl (C=O) groups is 3. The minimum atomic E-state index is -0.707. The number of carbonyl (C=O) groups excluding carboxylic acids is 3.